The molecule has 0 fully saturated rings. The van der Waals surface area contributed by atoms with Crippen LogP contribution < -0.4 is 25.6 Å². The van der Waals surface area contributed by atoms with E-state index >= 15 is 0 Å². The predicted octanol–water partition coefficient (Wildman–Crippen LogP) is 2.47. The fraction of sp³-hybridized carbons (Fsp3) is 0.292. The SMILES string of the molecule is CCc1cnc(C(=O)NCCOc2cc(P)cnc2N(C)C(C)=O)nc1-c1ccc(PC)c(F)c1. The first-order chi connectivity index (χ1) is 16.7. The van der Waals surface area contributed by atoms with Gasteiger partial charge in [-0.25, -0.2) is 19.3 Å². The van der Waals surface area contributed by atoms with Crippen LogP contribution in [-0.2, 0) is 11.2 Å². The molecule has 0 aliphatic carbocycles. The highest BCUT2D eigenvalue weighted by molar-refractivity contribution is 7.46. The average Bonchev–Trinajstić information content (AvgIpc) is 2.85. The van der Waals surface area contributed by atoms with Crippen LogP contribution in [0, 0.1) is 5.82 Å². The molecule has 2 aromatic heterocycles. The van der Waals surface area contributed by atoms with E-state index in [-0.39, 0.29) is 30.7 Å². The molecule has 3 rings (SSSR count). The van der Waals surface area contributed by atoms with Crippen molar-refractivity contribution in [3.8, 4) is 17.0 Å². The molecule has 8 nitrogen and oxygen atoms in total. The molecule has 2 amide bonds. The quantitative estimate of drug-likeness (QED) is 0.348. The standard InChI is InChI=1S/C24H28FN5O3P2/c1-5-15-12-27-22(29-21(15)16-6-7-20(35-4)18(25)10-16)24(32)26-8-9-33-19-11-17(34)13-28-23(19)30(3)14(2)31/h6-7,10-13,35H,5,8-9,34H2,1-4H3,(H,26,32). The fourth-order valence-corrected chi connectivity index (χ4v) is 4.04. The molecular formula is C24H28FN5O3P2. The van der Waals surface area contributed by atoms with Gasteiger partial charge in [0.2, 0.25) is 11.7 Å². The van der Waals surface area contributed by atoms with Crippen LogP contribution in [0.1, 0.15) is 30.0 Å². The van der Waals surface area contributed by atoms with E-state index in [1.54, 1.807) is 31.6 Å². The first-order valence-corrected chi connectivity index (χ1v) is 13.1. The molecule has 0 bridgehead atoms. The van der Waals surface area contributed by atoms with Gasteiger partial charge >= 0.3 is 0 Å². The van der Waals surface area contributed by atoms with Crippen LogP contribution in [0.2, 0.25) is 0 Å². The number of rotatable bonds is 9. The second-order valence-electron chi connectivity index (χ2n) is 7.64. The second kappa shape index (κ2) is 12.1. The highest BCUT2D eigenvalue weighted by atomic mass is 31.1. The molecule has 11 heteroatoms. The topological polar surface area (TPSA) is 97.3 Å². The molecule has 1 aromatic carbocycles. The Kier molecular flexibility index (Phi) is 9.19. The van der Waals surface area contributed by atoms with Crippen molar-refractivity contribution >= 4 is 46.1 Å². The summed E-state index contributed by atoms with van der Waals surface area (Å²) >= 11 is 0. The lowest BCUT2D eigenvalue weighted by Gasteiger charge is -2.18. The van der Waals surface area contributed by atoms with E-state index in [2.05, 4.69) is 29.5 Å². The summed E-state index contributed by atoms with van der Waals surface area (Å²) in [6.45, 7) is 5.63. The van der Waals surface area contributed by atoms with E-state index in [1.807, 2.05) is 19.7 Å². The highest BCUT2D eigenvalue weighted by Crippen LogP contribution is 2.25. The maximum absolute atomic E-state index is 14.4. The zero-order chi connectivity index (χ0) is 25.5. The molecule has 0 saturated heterocycles. The number of nitrogens with zero attached hydrogens (tertiary/aromatic N) is 4. The van der Waals surface area contributed by atoms with Gasteiger partial charge < -0.3 is 10.1 Å². The molecule has 3 aromatic rings. The van der Waals surface area contributed by atoms with Crippen molar-refractivity contribution in [3.05, 3.63) is 53.9 Å². The van der Waals surface area contributed by atoms with Gasteiger partial charge in [0.15, 0.2) is 11.6 Å². The van der Waals surface area contributed by atoms with Gasteiger partial charge in [0.1, 0.15) is 12.4 Å². The number of anilines is 1. The third-order valence-electron chi connectivity index (χ3n) is 5.25. The van der Waals surface area contributed by atoms with Crippen LogP contribution in [0.3, 0.4) is 0 Å². The molecule has 0 aliphatic heterocycles. The number of nitrogens with one attached hydrogen (secondary N) is 1. The minimum Gasteiger partial charge on any atom is -0.488 e. The first-order valence-electron chi connectivity index (χ1n) is 11.0. The number of aryl methyl sites for hydroxylation is 1. The summed E-state index contributed by atoms with van der Waals surface area (Å²) in [4.78, 5) is 38.7. The summed E-state index contributed by atoms with van der Waals surface area (Å²) < 4.78 is 20.1. The van der Waals surface area contributed by atoms with Gasteiger partial charge in [-0.3, -0.25) is 14.5 Å². The average molecular weight is 515 g/mol. The zero-order valence-corrected chi connectivity index (χ0v) is 22.2. The summed E-state index contributed by atoms with van der Waals surface area (Å²) in [5.74, 6) is -0.131. The third kappa shape index (κ3) is 6.56. The van der Waals surface area contributed by atoms with E-state index in [4.69, 9.17) is 4.74 Å². The minimum atomic E-state index is -0.469. The summed E-state index contributed by atoms with van der Waals surface area (Å²) in [6.07, 6.45) is 3.86. The molecule has 0 saturated carbocycles. The maximum Gasteiger partial charge on any atom is 0.289 e. The number of ether oxygens (including phenoxy) is 1. The molecule has 0 aliphatic rings. The zero-order valence-electron chi connectivity index (χ0n) is 20.1. The molecule has 184 valence electrons. The molecule has 35 heavy (non-hydrogen) atoms. The number of aromatic nitrogens is 3. The number of hydrogen-bond donors (Lipinski definition) is 1. The molecule has 0 radical (unpaired) electrons. The van der Waals surface area contributed by atoms with E-state index < -0.39 is 5.91 Å². The van der Waals surface area contributed by atoms with Crippen molar-refractivity contribution in [2.45, 2.75) is 20.3 Å². The van der Waals surface area contributed by atoms with Crippen LogP contribution in [0.4, 0.5) is 10.2 Å². The van der Waals surface area contributed by atoms with Crippen molar-refractivity contribution in [2.75, 3.05) is 31.8 Å². The second-order valence-corrected chi connectivity index (χ2v) is 9.34. The third-order valence-corrected chi connectivity index (χ3v) is 6.51. The monoisotopic (exact) mass is 515 g/mol. The smallest absolute Gasteiger partial charge is 0.289 e. The number of amides is 2. The number of halogens is 1. The van der Waals surface area contributed by atoms with Crippen LogP contribution in [0.25, 0.3) is 11.3 Å². The Balaban J connectivity index is 1.70. The Hall–Kier alpha value is -3.02. The summed E-state index contributed by atoms with van der Waals surface area (Å²) in [5.41, 5.74) is 1.96. The lowest BCUT2D eigenvalue weighted by atomic mass is 10.1. The van der Waals surface area contributed by atoms with E-state index in [0.717, 1.165) is 10.9 Å². The summed E-state index contributed by atoms with van der Waals surface area (Å²) in [5, 5.41) is 4.18. The molecule has 2 heterocycles. The highest BCUT2D eigenvalue weighted by Gasteiger charge is 2.17. The molecule has 0 spiro atoms. The number of carbonyl (C=O) groups excluding carboxylic acids is 2. The number of benzene rings is 1. The first kappa shape index (κ1) is 26.6. The van der Waals surface area contributed by atoms with Crippen molar-refractivity contribution in [1.82, 2.24) is 20.3 Å². The Bertz CT molecular complexity index is 1240. The van der Waals surface area contributed by atoms with Crippen molar-refractivity contribution in [1.29, 1.82) is 0 Å². The van der Waals surface area contributed by atoms with Gasteiger partial charge in [-0.2, -0.15) is 0 Å². The molecule has 1 N–H and O–H groups in total. The van der Waals surface area contributed by atoms with Crippen molar-refractivity contribution in [2.24, 2.45) is 0 Å². The van der Waals surface area contributed by atoms with Gasteiger partial charge in [-0.15, -0.1) is 9.24 Å². The van der Waals surface area contributed by atoms with E-state index in [0.29, 0.717) is 43.1 Å². The van der Waals surface area contributed by atoms with Crippen LogP contribution in [0.5, 0.6) is 5.75 Å². The van der Waals surface area contributed by atoms with Gasteiger partial charge in [0.05, 0.1) is 12.2 Å². The Morgan fingerprint density at radius 3 is 2.66 bits per heavy atom. The van der Waals surface area contributed by atoms with E-state index in [9.17, 15) is 14.0 Å². The van der Waals surface area contributed by atoms with Crippen LogP contribution >= 0.6 is 17.8 Å². The van der Waals surface area contributed by atoms with Gasteiger partial charge in [0.25, 0.3) is 5.91 Å². The Morgan fingerprint density at radius 1 is 1.23 bits per heavy atom. The predicted molar refractivity (Wildman–Crippen MR) is 141 cm³/mol. The molecule has 2 atom stereocenters. The Morgan fingerprint density at radius 2 is 2.00 bits per heavy atom. The summed E-state index contributed by atoms with van der Waals surface area (Å²) in [6, 6.07) is 6.76. The van der Waals surface area contributed by atoms with Crippen molar-refractivity contribution < 1.29 is 18.7 Å². The molecular weight excluding hydrogens is 487 g/mol. The number of carbonyl (C=O) groups is 2. The lowest BCUT2D eigenvalue weighted by Crippen LogP contribution is -2.30. The maximum atomic E-state index is 14.4. The minimum absolute atomic E-state index is 0.00956. The normalized spacial score (nSPS) is 11.0. The fourth-order valence-electron chi connectivity index (χ4n) is 3.25. The van der Waals surface area contributed by atoms with Crippen LogP contribution in [0.15, 0.2) is 36.7 Å². The number of hydrogen-bond acceptors (Lipinski definition) is 6. The molecule has 2 unspecified atom stereocenters. The Labute approximate surface area is 208 Å². The van der Waals surface area contributed by atoms with Gasteiger partial charge in [-0.1, -0.05) is 27.6 Å². The van der Waals surface area contributed by atoms with E-state index in [1.165, 1.54) is 17.9 Å². The number of pyridine rings is 1. The lowest BCUT2D eigenvalue weighted by molar-refractivity contribution is -0.116. The van der Waals surface area contributed by atoms with Gasteiger partial charge in [-0.05, 0) is 36.1 Å². The largest absolute Gasteiger partial charge is 0.488 e. The summed E-state index contributed by atoms with van der Waals surface area (Å²) in [7, 11) is 4.48. The van der Waals surface area contributed by atoms with Crippen LogP contribution in [-0.4, -0.2) is 53.6 Å². The van der Waals surface area contributed by atoms with Crippen molar-refractivity contribution in [3.63, 3.8) is 0 Å². The van der Waals surface area contributed by atoms with Gasteiger partial charge in [0, 0.05) is 37.2 Å².